The summed E-state index contributed by atoms with van der Waals surface area (Å²) < 4.78 is 10.7. The van der Waals surface area contributed by atoms with Gasteiger partial charge in [-0.2, -0.15) is 0 Å². The Labute approximate surface area is 165 Å². The van der Waals surface area contributed by atoms with Crippen LogP contribution in [-0.2, 0) is 0 Å². The monoisotopic (exact) mass is 388 g/mol. The first-order valence-electron chi connectivity index (χ1n) is 9.48. The van der Waals surface area contributed by atoms with E-state index in [9.17, 15) is 4.79 Å². The Kier molecular flexibility index (Phi) is 6.61. The predicted molar refractivity (Wildman–Crippen MR) is 110 cm³/mol. The molecule has 0 spiro atoms. The van der Waals surface area contributed by atoms with E-state index in [4.69, 9.17) is 9.47 Å². The zero-order valence-corrected chi connectivity index (χ0v) is 17.1. The van der Waals surface area contributed by atoms with E-state index >= 15 is 0 Å². The fourth-order valence-electron chi connectivity index (χ4n) is 3.76. The van der Waals surface area contributed by atoms with Crippen LogP contribution in [0.1, 0.15) is 49.9 Å². The lowest BCUT2D eigenvalue weighted by Crippen LogP contribution is -2.45. The lowest BCUT2D eigenvalue weighted by molar-refractivity contribution is 0.140. The van der Waals surface area contributed by atoms with Gasteiger partial charge in [-0.05, 0) is 43.3 Å². The molecule has 1 heterocycles. The molecule has 5 nitrogen and oxygen atoms in total. The fourth-order valence-corrected chi connectivity index (χ4v) is 4.55. The molecule has 0 radical (unpaired) electrons. The van der Waals surface area contributed by atoms with E-state index in [0.29, 0.717) is 17.2 Å². The first-order valence-corrected chi connectivity index (χ1v) is 10.4. The molecule has 1 fully saturated rings. The minimum Gasteiger partial charge on any atom is -0.497 e. The lowest BCUT2D eigenvalue weighted by Gasteiger charge is -2.38. The van der Waals surface area contributed by atoms with Crippen molar-refractivity contribution in [1.29, 1.82) is 0 Å². The maximum absolute atomic E-state index is 13.3. The summed E-state index contributed by atoms with van der Waals surface area (Å²) in [6, 6.07) is 9.80. The number of nitrogens with one attached hydrogen (secondary N) is 1. The molecule has 1 aromatic carbocycles. The van der Waals surface area contributed by atoms with Gasteiger partial charge in [-0.3, -0.25) is 0 Å². The van der Waals surface area contributed by atoms with E-state index in [1.54, 1.807) is 31.6 Å². The second-order valence-electron chi connectivity index (χ2n) is 6.89. The summed E-state index contributed by atoms with van der Waals surface area (Å²) in [5, 5.41) is 5.13. The molecule has 1 aromatic heterocycles. The van der Waals surface area contributed by atoms with Crippen molar-refractivity contribution < 1.29 is 14.3 Å². The zero-order valence-electron chi connectivity index (χ0n) is 16.2. The zero-order chi connectivity index (χ0) is 19.2. The molecule has 0 saturated heterocycles. The van der Waals surface area contributed by atoms with Crippen molar-refractivity contribution in [2.24, 2.45) is 0 Å². The normalized spacial score (nSPS) is 15.8. The third kappa shape index (κ3) is 4.56. The van der Waals surface area contributed by atoms with E-state index in [-0.39, 0.29) is 18.1 Å². The summed E-state index contributed by atoms with van der Waals surface area (Å²) in [5.74, 6) is 1.29. The number of amides is 2. The average molecular weight is 389 g/mol. The number of carbonyl (C=O) groups excluding carboxylic acids is 1. The van der Waals surface area contributed by atoms with Crippen molar-refractivity contribution in [2.75, 3.05) is 19.5 Å². The van der Waals surface area contributed by atoms with Crippen LogP contribution in [0.25, 0.3) is 0 Å². The average Bonchev–Trinajstić information content (AvgIpc) is 3.24. The van der Waals surface area contributed by atoms with Crippen LogP contribution in [0.15, 0.2) is 35.7 Å². The minimum atomic E-state index is -0.0775. The van der Waals surface area contributed by atoms with Crippen LogP contribution in [-0.4, -0.2) is 31.2 Å². The molecule has 0 aliphatic heterocycles. The predicted octanol–water partition coefficient (Wildman–Crippen LogP) is 5.69. The molecule has 0 bridgehead atoms. The van der Waals surface area contributed by atoms with Crippen molar-refractivity contribution in [1.82, 2.24) is 4.90 Å². The molecule has 6 heteroatoms. The first kappa shape index (κ1) is 19.5. The second-order valence-corrected chi connectivity index (χ2v) is 7.87. The number of ether oxygens (including phenoxy) is 2. The van der Waals surface area contributed by atoms with Crippen LogP contribution in [0.2, 0.25) is 0 Å². The largest absolute Gasteiger partial charge is 0.497 e. The van der Waals surface area contributed by atoms with Crippen molar-refractivity contribution in [3.8, 4) is 11.5 Å². The quantitative estimate of drug-likeness (QED) is 0.691. The topological polar surface area (TPSA) is 50.8 Å². The molecule has 2 amide bonds. The maximum Gasteiger partial charge on any atom is 0.322 e. The number of urea groups is 1. The number of hydrogen-bond donors (Lipinski definition) is 1. The summed E-state index contributed by atoms with van der Waals surface area (Å²) in [7, 11) is 3.21. The molecular weight excluding hydrogens is 360 g/mol. The Balaban J connectivity index is 1.84. The van der Waals surface area contributed by atoms with Gasteiger partial charge in [0.25, 0.3) is 0 Å². The van der Waals surface area contributed by atoms with Crippen molar-refractivity contribution in [3.05, 3.63) is 40.6 Å². The molecule has 2 aromatic rings. The molecule has 1 N–H and O–H groups in total. The van der Waals surface area contributed by atoms with E-state index in [0.717, 1.165) is 12.8 Å². The van der Waals surface area contributed by atoms with Gasteiger partial charge in [-0.25, -0.2) is 4.79 Å². The number of rotatable bonds is 6. The highest BCUT2D eigenvalue weighted by molar-refractivity contribution is 7.10. The van der Waals surface area contributed by atoms with Crippen LogP contribution in [0.5, 0.6) is 11.5 Å². The van der Waals surface area contributed by atoms with E-state index in [1.807, 2.05) is 23.1 Å². The van der Waals surface area contributed by atoms with Crippen molar-refractivity contribution in [3.63, 3.8) is 0 Å². The number of benzene rings is 1. The third-order valence-electron chi connectivity index (χ3n) is 5.23. The molecule has 1 atom stereocenters. The summed E-state index contributed by atoms with van der Waals surface area (Å²) >= 11 is 1.70. The number of carbonyl (C=O) groups is 1. The highest BCUT2D eigenvalue weighted by Crippen LogP contribution is 2.34. The second kappa shape index (κ2) is 9.13. The van der Waals surface area contributed by atoms with Crippen LogP contribution in [0.4, 0.5) is 10.5 Å². The highest BCUT2D eigenvalue weighted by Gasteiger charge is 2.31. The third-order valence-corrected chi connectivity index (χ3v) is 6.27. The van der Waals surface area contributed by atoms with E-state index in [1.165, 1.54) is 24.1 Å². The minimum absolute atomic E-state index is 0.0392. The van der Waals surface area contributed by atoms with Crippen molar-refractivity contribution in [2.45, 2.75) is 51.1 Å². The molecule has 3 rings (SSSR count). The number of methoxy groups -OCH3 is 2. The number of anilines is 1. The first-order chi connectivity index (χ1) is 13.1. The van der Waals surface area contributed by atoms with Crippen molar-refractivity contribution >= 4 is 23.1 Å². The van der Waals surface area contributed by atoms with Gasteiger partial charge in [0.1, 0.15) is 11.5 Å². The van der Waals surface area contributed by atoms with Gasteiger partial charge in [0, 0.05) is 17.0 Å². The Morgan fingerprint density at radius 3 is 2.59 bits per heavy atom. The fraction of sp³-hybridized carbons (Fsp3) is 0.476. The number of nitrogens with zero attached hydrogens (tertiary/aromatic N) is 1. The molecular formula is C21H28N2O3S. The Morgan fingerprint density at radius 2 is 1.96 bits per heavy atom. The van der Waals surface area contributed by atoms with Gasteiger partial charge in [0.05, 0.1) is 25.9 Å². The SMILES string of the molecule is COc1ccc(NC(=O)N(C2CCCCC2)C(C)c2cccs2)c(OC)c1. The van der Waals surface area contributed by atoms with Gasteiger partial charge in [0.2, 0.25) is 0 Å². The van der Waals surface area contributed by atoms with Crippen LogP contribution in [0.3, 0.4) is 0 Å². The molecule has 1 aliphatic carbocycles. The Hall–Kier alpha value is -2.21. The van der Waals surface area contributed by atoms with Gasteiger partial charge < -0.3 is 19.7 Å². The number of hydrogen-bond acceptors (Lipinski definition) is 4. The highest BCUT2D eigenvalue weighted by atomic mass is 32.1. The molecule has 27 heavy (non-hydrogen) atoms. The number of thiophene rings is 1. The summed E-state index contributed by atoms with van der Waals surface area (Å²) in [6.07, 6.45) is 5.73. The van der Waals surface area contributed by atoms with Gasteiger partial charge in [-0.1, -0.05) is 25.3 Å². The van der Waals surface area contributed by atoms with Crippen LogP contribution >= 0.6 is 11.3 Å². The summed E-state index contributed by atoms with van der Waals surface area (Å²) in [6.45, 7) is 2.12. The van der Waals surface area contributed by atoms with Crippen LogP contribution < -0.4 is 14.8 Å². The smallest absolute Gasteiger partial charge is 0.322 e. The Bertz CT molecular complexity index is 742. The van der Waals surface area contributed by atoms with E-state index < -0.39 is 0 Å². The van der Waals surface area contributed by atoms with Crippen LogP contribution in [0, 0.1) is 0 Å². The lowest BCUT2D eigenvalue weighted by atomic mass is 9.93. The summed E-state index contributed by atoms with van der Waals surface area (Å²) in [4.78, 5) is 16.5. The van der Waals surface area contributed by atoms with Gasteiger partial charge in [0.15, 0.2) is 0 Å². The molecule has 1 aliphatic rings. The molecule has 146 valence electrons. The standard InChI is InChI=1S/C21H28N2O3S/c1-15(20-10-7-13-27-20)23(16-8-5-4-6-9-16)21(24)22-18-12-11-17(25-2)14-19(18)26-3/h7,10-16H,4-6,8-9H2,1-3H3,(H,22,24). The van der Waals surface area contributed by atoms with Gasteiger partial charge in [-0.15, -0.1) is 11.3 Å². The van der Waals surface area contributed by atoms with Gasteiger partial charge >= 0.3 is 6.03 Å². The maximum atomic E-state index is 13.3. The van der Waals surface area contributed by atoms with E-state index in [2.05, 4.69) is 23.7 Å². The molecule has 1 unspecified atom stereocenters. The molecule has 1 saturated carbocycles. The Morgan fingerprint density at radius 1 is 1.19 bits per heavy atom. The summed E-state index contributed by atoms with van der Waals surface area (Å²) in [5.41, 5.74) is 0.655.